The van der Waals surface area contributed by atoms with E-state index in [1.54, 1.807) is 0 Å². The summed E-state index contributed by atoms with van der Waals surface area (Å²) in [5.74, 6) is 2.25. The van der Waals surface area contributed by atoms with Gasteiger partial charge in [-0.1, -0.05) is 0 Å². The molecule has 0 radical (unpaired) electrons. The molecule has 1 unspecified atom stereocenters. The largest absolute Gasteiger partial charge is 0.353 e. The van der Waals surface area contributed by atoms with E-state index in [1.807, 2.05) is 16.7 Å². The first-order valence-electron chi connectivity index (χ1n) is 5.64. The van der Waals surface area contributed by atoms with E-state index in [-0.39, 0.29) is 24.4 Å². The van der Waals surface area contributed by atoms with E-state index in [4.69, 9.17) is 0 Å². The summed E-state index contributed by atoms with van der Waals surface area (Å²) in [7, 11) is 0. The fourth-order valence-electron chi connectivity index (χ4n) is 1.93. The highest BCUT2D eigenvalue weighted by molar-refractivity contribution is 7.99. The molecule has 2 N–H and O–H groups in total. The third kappa shape index (κ3) is 2.89. The molecule has 0 aromatic carbocycles. The minimum absolute atomic E-state index is 0.0320. The average molecular weight is 243 g/mol. The van der Waals surface area contributed by atoms with Gasteiger partial charge in [0.15, 0.2) is 0 Å². The summed E-state index contributed by atoms with van der Waals surface area (Å²) in [6.07, 6.45) is 1.06. The maximum Gasteiger partial charge on any atom is 0.241 e. The van der Waals surface area contributed by atoms with Crippen LogP contribution in [0, 0.1) is 0 Å². The number of amides is 2. The standard InChI is InChI=1S/C10H17N3O2S/c14-9-7-11-8(6-12-9)10(15)13-2-1-4-16-5-3-13/h8,11H,1-7H2,(H,12,14). The summed E-state index contributed by atoms with van der Waals surface area (Å²) < 4.78 is 0. The highest BCUT2D eigenvalue weighted by Gasteiger charge is 2.27. The van der Waals surface area contributed by atoms with Crippen molar-refractivity contribution in [1.82, 2.24) is 15.5 Å². The highest BCUT2D eigenvalue weighted by atomic mass is 32.2. The van der Waals surface area contributed by atoms with E-state index in [9.17, 15) is 9.59 Å². The van der Waals surface area contributed by atoms with Crippen LogP contribution >= 0.6 is 11.8 Å². The summed E-state index contributed by atoms with van der Waals surface area (Å²) in [5, 5.41) is 5.69. The maximum atomic E-state index is 12.1. The molecule has 6 heteroatoms. The van der Waals surface area contributed by atoms with Gasteiger partial charge in [-0.2, -0.15) is 11.8 Å². The number of nitrogens with zero attached hydrogens (tertiary/aromatic N) is 1. The van der Waals surface area contributed by atoms with Gasteiger partial charge in [0.1, 0.15) is 6.04 Å². The lowest BCUT2D eigenvalue weighted by Crippen LogP contribution is -2.58. The van der Waals surface area contributed by atoms with Crippen molar-refractivity contribution in [3.63, 3.8) is 0 Å². The molecule has 2 aliphatic rings. The second-order valence-electron chi connectivity index (χ2n) is 4.03. The van der Waals surface area contributed by atoms with E-state index in [2.05, 4.69) is 10.6 Å². The number of carbonyl (C=O) groups excluding carboxylic acids is 2. The van der Waals surface area contributed by atoms with Crippen LogP contribution < -0.4 is 10.6 Å². The second-order valence-corrected chi connectivity index (χ2v) is 5.25. The Kier molecular flexibility index (Phi) is 4.06. The molecule has 2 rings (SSSR count). The van der Waals surface area contributed by atoms with Crippen molar-refractivity contribution < 1.29 is 9.59 Å². The first-order chi connectivity index (χ1) is 7.77. The molecule has 0 aromatic heterocycles. The number of hydrogen-bond acceptors (Lipinski definition) is 4. The normalized spacial score (nSPS) is 27.1. The molecule has 1 atom stereocenters. The van der Waals surface area contributed by atoms with Gasteiger partial charge in [0.2, 0.25) is 11.8 Å². The van der Waals surface area contributed by atoms with Crippen molar-refractivity contribution in [3.05, 3.63) is 0 Å². The SMILES string of the molecule is O=C1CNC(C(=O)N2CCCSCC2)CN1. The molecule has 0 bridgehead atoms. The van der Waals surface area contributed by atoms with Crippen LogP contribution in [-0.2, 0) is 9.59 Å². The van der Waals surface area contributed by atoms with Gasteiger partial charge >= 0.3 is 0 Å². The predicted molar refractivity (Wildman–Crippen MR) is 63.3 cm³/mol. The van der Waals surface area contributed by atoms with Crippen molar-refractivity contribution in [3.8, 4) is 0 Å². The molecule has 2 aliphatic heterocycles. The molecule has 2 amide bonds. The topological polar surface area (TPSA) is 61.4 Å². The average Bonchev–Trinajstić information content (AvgIpc) is 2.57. The quantitative estimate of drug-likeness (QED) is 0.623. The van der Waals surface area contributed by atoms with Crippen LogP contribution in [0.1, 0.15) is 6.42 Å². The maximum absolute atomic E-state index is 12.1. The van der Waals surface area contributed by atoms with Gasteiger partial charge in [0.05, 0.1) is 6.54 Å². The Morgan fingerprint density at radius 2 is 2.25 bits per heavy atom. The predicted octanol–water partition coefficient (Wildman–Crippen LogP) is -0.960. The van der Waals surface area contributed by atoms with Gasteiger partial charge in [0, 0.05) is 25.4 Å². The molecule has 2 saturated heterocycles. The van der Waals surface area contributed by atoms with Crippen LogP contribution in [0.4, 0.5) is 0 Å². The van der Waals surface area contributed by atoms with Crippen LogP contribution in [0.2, 0.25) is 0 Å². The van der Waals surface area contributed by atoms with Gasteiger partial charge < -0.3 is 10.2 Å². The molecule has 16 heavy (non-hydrogen) atoms. The van der Waals surface area contributed by atoms with Crippen molar-refractivity contribution in [2.45, 2.75) is 12.5 Å². The van der Waals surface area contributed by atoms with Crippen LogP contribution in [-0.4, -0.2) is 60.4 Å². The fourth-order valence-corrected chi connectivity index (χ4v) is 2.81. The van der Waals surface area contributed by atoms with Gasteiger partial charge in [-0.15, -0.1) is 0 Å². The molecular weight excluding hydrogens is 226 g/mol. The minimum atomic E-state index is -0.235. The van der Waals surface area contributed by atoms with E-state index in [1.165, 1.54) is 0 Å². The highest BCUT2D eigenvalue weighted by Crippen LogP contribution is 2.11. The van der Waals surface area contributed by atoms with Crippen LogP contribution in [0.15, 0.2) is 0 Å². The van der Waals surface area contributed by atoms with E-state index >= 15 is 0 Å². The Morgan fingerprint density at radius 3 is 3.00 bits per heavy atom. The number of piperazine rings is 1. The third-order valence-electron chi connectivity index (χ3n) is 2.84. The summed E-state index contributed by atoms with van der Waals surface area (Å²) >= 11 is 1.90. The number of thioether (sulfide) groups is 1. The van der Waals surface area contributed by atoms with Gasteiger partial charge in [-0.05, 0) is 12.2 Å². The molecule has 0 aliphatic carbocycles. The third-order valence-corrected chi connectivity index (χ3v) is 3.89. The van der Waals surface area contributed by atoms with Crippen LogP contribution in [0.25, 0.3) is 0 Å². The summed E-state index contributed by atoms with van der Waals surface area (Å²) in [6.45, 7) is 2.34. The van der Waals surface area contributed by atoms with E-state index in [0.29, 0.717) is 6.54 Å². The Hall–Kier alpha value is -0.750. The lowest BCUT2D eigenvalue weighted by molar-refractivity contribution is -0.134. The number of rotatable bonds is 1. The lowest BCUT2D eigenvalue weighted by atomic mass is 10.2. The molecule has 5 nitrogen and oxygen atoms in total. The first kappa shape index (κ1) is 11.7. The molecule has 0 aromatic rings. The smallest absolute Gasteiger partial charge is 0.241 e. The number of hydrogen-bond donors (Lipinski definition) is 2. The molecule has 2 heterocycles. The zero-order valence-electron chi connectivity index (χ0n) is 9.20. The van der Waals surface area contributed by atoms with Gasteiger partial charge in [-0.3, -0.25) is 14.9 Å². The Balaban J connectivity index is 1.87. The molecule has 90 valence electrons. The van der Waals surface area contributed by atoms with Crippen molar-refractivity contribution in [1.29, 1.82) is 0 Å². The number of nitrogens with one attached hydrogen (secondary N) is 2. The Labute approximate surface area is 99.3 Å². The monoisotopic (exact) mass is 243 g/mol. The van der Waals surface area contributed by atoms with Crippen molar-refractivity contribution in [2.75, 3.05) is 37.7 Å². The van der Waals surface area contributed by atoms with Gasteiger partial charge in [0.25, 0.3) is 0 Å². The van der Waals surface area contributed by atoms with Crippen LogP contribution in [0.5, 0.6) is 0 Å². The van der Waals surface area contributed by atoms with Crippen molar-refractivity contribution >= 4 is 23.6 Å². The Bertz CT molecular complexity index is 267. The zero-order valence-corrected chi connectivity index (χ0v) is 10.0. The zero-order chi connectivity index (χ0) is 11.4. The van der Waals surface area contributed by atoms with Crippen molar-refractivity contribution in [2.24, 2.45) is 0 Å². The van der Waals surface area contributed by atoms with E-state index < -0.39 is 0 Å². The molecule has 0 saturated carbocycles. The summed E-state index contributed by atoms with van der Waals surface area (Å²) in [4.78, 5) is 25.0. The first-order valence-corrected chi connectivity index (χ1v) is 6.79. The molecule has 0 spiro atoms. The van der Waals surface area contributed by atoms with Crippen LogP contribution in [0.3, 0.4) is 0 Å². The van der Waals surface area contributed by atoms with E-state index in [0.717, 1.165) is 31.0 Å². The molecule has 2 fully saturated rings. The summed E-state index contributed by atoms with van der Waals surface area (Å²) in [6, 6.07) is -0.235. The fraction of sp³-hybridized carbons (Fsp3) is 0.800. The molecular formula is C10H17N3O2S. The van der Waals surface area contributed by atoms with Gasteiger partial charge in [-0.25, -0.2) is 0 Å². The summed E-state index contributed by atoms with van der Waals surface area (Å²) in [5.41, 5.74) is 0. The number of carbonyl (C=O) groups is 2. The lowest BCUT2D eigenvalue weighted by Gasteiger charge is -2.29. The second kappa shape index (κ2) is 5.54. The minimum Gasteiger partial charge on any atom is -0.353 e. The Morgan fingerprint density at radius 1 is 1.38 bits per heavy atom.